The van der Waals surface area contributed by atoms with Crippen molar-refractivity contribution in [2.75, 3.05) is 13.1 Å². The molecule has 0 aromatic rings. The number of hydrogen-bond acceptors (Lipinski definition) is 2. The Morgan fingerprint density at radius 1 is 1.00 bits per heavy atom. The van der Waals surface area contributed by atoms with Crippen LogP contribution in [0.15, 0.2) is 17.1 Å². The lowest BCUT2D eigenvalue weighted by atomic mass is 10.0. The third kappa shape index (κ3) is 10.2. The topological polar surface area (TPSA) is 41.5 Å². The van der Waals surface area contributed by atoms with Crippen LogP contribution in [0.25, 0.3) is 0 Å². The number of likely N-dealkylation sites (N-methyl/N-ethyl adjacent to an activating group) is 1. The van der Waals surface area contributed by atoms with E-state index in [2.05, 4.69) is 38.2 Å². The fraction of sp³-hybridized carbons (Fsp3) is 0.846. The molecule has 1 amide bonds. The number of amides is 1. The Bertz CT molecular complexity index is 503. The average Bonchev–Trinajstić information content (AvgIpc) is 3.14. The van der Waals surface area contributed by atoms with Crippen LogP contribution in [0.3, 0.4) is 0 Å². The van der Waals surface area contributed by atoms with Gasteiger partial charge in [-0.1, -0.05) is 90.0 Å². The molecule has 4 heteroatoms. The van der Waals surface area contributed by atoms with Gasteiger partial charge in [0, 0.05) is 13.8 Å². The van der Waals surface area contributed by atoms with Crippen LogP contribution < -0.4 is 5.32 Å². The molecular weight excluding hydrogens is 370 g/mol. The van der Waals surface area contributed by atoms with E-state index in [4.69, 9.17) is 4.99 Å². The molecule has 0 aromatic carbocycles. The van der Waals surface area contributed by atoms with Gasteiger partial charge in [-0.2, -0.15) is 0 Å². The Kier molecular flexibility index (Phi) is 14.8. The number of aliphatic imine (C=N–C) groups is 1. The van der Waals surface area contributed by atoms with Gasteiger partial charge in [-0.15, -0.1) is 0 Å². The summed E-state index contributed by atoms with van der Waals surface area (Å²) in [6.07, 6.45) is 26.2. The second-order valence-corrected chi connectivity index (χ2v) is 9.18. The molecule has 4 nitrogen and oxygen atoms in total. The Labute approximate surface area is 187 Å². The number of allylic oxidation sites excluding steroid dienone is 1. The molecule has 174 valence electrons. The minimum Gasteiger partial charge on any atom is -0.307 e. The molecule has 0 bridgehead atoms. The van der Waals surface area contributed by atoms with Crippen LogP contribution >= 0.6 is 0 Å². The monoisotopic (exact) mass is 420 g/mol. The summed E-state index contributed by atoms with van der Waals surface area (Å²) in [7, 11) is 0. The first-order valence-electron chi connectivity index (χ1n) is 12.9. The largest absolute Gasteiger partial charge is 0.307 e. The quantitative estimate of drug-likeness (QED) is 0.149. The van der Waals surface area contributed by atoms with Crippen molar-refractivity contribution in [1.29, 1.82) is 0 Å². The van der Waals surface area contributed by atoms with E-state index in [0.717, 1.165) is 24.0 Å². The number of unbranched alkanes of at least 4 members (excludes halogenated alkanes) is 13. The van der Waals surface area contributed by atoms with E-state index in [1.165, 1.54) is 83.5 Å². The Hall–Kier alpha value is -1.16. The highest BCUT2D eigenvalue weighted by Crippen LogP contribution is 2.24. The van der Waals surface area contributed by atoms with E-state index in [1.54, 1.807) is 6.92 Å². The lowest BCUT2D eigenvalue weighted by Gasteiger charge is -2.41. The maximum absolute atomic E-state index is 11.5. The van der Waals surface area contributed by atoms with Gasteiger partial charge < -0.3 is 5.32 Å². The highest BCUT2D eigenvalue weighted by atomic mass is 16.1. The summed E-state index contributed by atoms with van der Waals surface area (Å²) >= 11 is 0. The minimum atomic E-state index is 0.0371. The molecule has 30 heavy (non-hydrogen) atoms. The number of carbonyl (C=O) groups excluding carboxylic acids is 1. The summed E-state index contributed by atoms with van der Waals surface area (Å²) in [6, 6.07) is 0. The SMILES string of the molecule is CCCCCCCCCCCCCCC/C=C/C1N=CC[N+]1(CC)C(C)NC(C)=O. The van der Waals surface area contributed by atoms with Gasteiger partial charge in [0.15, 0.2) is 6.17 Å². The fourth-order valence-corrected chi connectivity index (χ4v) is 4.67. The summed E-state index contributed by atoms with van der Waals surface area (Å²) in [6.45, 7) is 10.0. The standard InChI is InChI=1S/C26H49N3O/c1-5-7-8-9-10-11-12-13-14-15-16-17-18-19-20-21-26-27-22-23-29(26,6-2)24(3)28-25(4)30/h20-22,24,26H,5-19,23H2,1-4H3/p+1/b21-20+. The van der Waals surface area contributed by atoms with E-state index in [0.29, 0.717) is 0 Å². The average molecular weight is 421 g/mol. The molecule has 1 heterocycles. The van der Waals surface area contributed by atoms with Crippen LogP contribution in [0.1, 0.15) is 118 Å². The Balaban J connectivity index is 2.09. The van der Waals surface area contributed by atoms with Crippen LogP contribution in [0.4, 0.5) is 0 Å². The van der Waals surface area contributed by atoms with Gasteiger partial charge in [0.25, 0.3) is 0 Å². The van der Waals surface area contributed by atoms with Crippen LogP contribution in [0.2, 0.25) is 0 Å². The van der Waals surface area contributed by atoms with Gasteiger partial charge in [-0.25, -0.2) is 4.99 Å². The zero-order valence-electron chi connectivity index (χ0n) is 20.5. The normalized spacial score (nSPS) is 22.1. The Morgan fingerprint density at radius 2 is 1.53 bits per heavy atom. The first-order chi connectivity index (χ1) is 14.6. The summed E-state index contributed by atoms with van der Waals surface area (Å²) in [5.41, 5.74) is 0. The summed E-state index contributed by atoms with van der Waals surface area (Å²) in [5, 5.41) is 3.08. The van der Waals surface area contributed by atoms with Crippen molar-refractivity contribution in [2.45, 2.75) is 130 Å². The molecule has 0 aromatic heterocycles. The zero-order valence-corrected chi connectivity index (χ0v) is 20.5. The minimum absolute atomic E-state index is 0.0371. The maximum Gasteiger partial charge on any atom is 0.221 e. The van der Waals surface area contributed by atoms with Crippen molar-refractivity contribution in [3.8, 4) is 0 Å². The van der Waals surface area contributed by atoms with Crippen LogP contribution in [-0.2, 0) is 4.79 Å². The van der Waals surface area contributed by atoms with E-state index < -0.39 is 0 Å². The molecule has 0 saturated heterocycles. The highest BCUT2D eigenvalue weighted by Gasteiger charge is 2.41. The molecule has 1 N–H and O–H groups in total. The van der Waals surface area contributed by atoms with Crippen LogP contribution in [0, 0.1) is 0 Å². The fourth-order valence-electron chi connectivity index (χ4n) is 4.67. The van der Waals surface area contributed by atoms with Gasteiger partial charge in [0.2, 0.25) is 12.1 Å². The molecular formula is C26H50N3O+. The van der Waals surface area contributed by atoms with Gasteiger partial charge in [0.1, 0.15) is 6.54 Å². The Morgan fingerprint density at radius 3 is 2.03 bits per heavy atom. The van der Waals surface area contributed by atoms with Crippen molar-refractivity contribution >= 4 is 12.1 Å². The van der Waals surface area contributed by atoms with E-state index in [1.807, 2.05) is 6.21 Å². The van der Waals surface area contributed by atoms with Crippen LogP contribution in [-0.4, -0.2) is 42.0 Å². The summed E-state index contributed by atoms with van der Waals surface area (Å²) < 4.78 is 0.800. The van der Waals surface area contributed by atoms with E-state index in [9.17, 15) is 4.79 Å². The number of rotatable bonds is 18. The molecule has 0 fully saturated rings. The van der Waals surface area contributed by atoms with Crippen molar-refractivity contribution in [3.05, 3.63) is 12.2 Å². The van der Waals surface area contributed by atoms with Gasteiger partial charge in [-0.05, 0) is 25.8 Å². The number of quaternary nitrogens is 1. The zero-order chi connectivity index (χ0) is 22.1. The second kappa shape index (κ2) is 16.5. The molecule has 0 aliphatic carbocycles. The lowest BCUT2D eigenvalue weighted by molar-refractivity contribution is -0.953. The predicted octanol–water partition coefficient (Wildman–Crippen LogP) is 6.75. The van der Waals surface area contributed by atoms with Gasteiger partial charge in [0.05, 0.1) is 12.8 Å². The number of nitrogens with zero attached hydrogens (tertiary/aromatic N) is 2. The molecule has 0 radical (unpaired) electrons. The van der Waals surface area contributed by atoms with Crippen molar-refractivity contribution in [3.63, 3.8) is 0 Å². The molecule has 1 aliphatic rings. The first-order valence-corrected chi connectivity index (χ1v) is 12.9. The molecule has 0 saturated carbocycles. The first kappa shape index (κ1) is 26.9. The molecule has 3 atom stereocenters. The van der Waals surface area contributed by atoms with E-state index >= 15 is 0 Å². The van der Waals surface area contributed by atoms with Crippen LogP contribution in [0.5, 0.6) is 0 Å². The lowest BCUT2D eigenvalue weighted by Crippen LogP contribution is -2.63. The third-order valence-electron chi connectivity index (χ3n) is 6.76. The molecule has 1 rings (SSSR count). The second-order valence-electron chi connectivity index (χ2n) is 9.18. The summed E-state index contributed by atoms with van der Waals surface area (Å²) in [5.74, 6) is 0.0371. The van der Waals surface area contributed by atoms with Gasteiger partial charge >= 0.3 is 0 Å². The predicted molar refractivity (Wildman–Crippen MR) is 131 cm³/mol. The highest BCUT2D eigenvalue weighted by molar-refractivity contribution is 5.73. The maximum atomic E-state index is 11.5. The molecule has 1 aliphatic heterocycles. The smallest absolute Gasteiger partial charge is 0.221 e. The molecule has 0 spiro atoms. The third-order valence-corrected chi connectivity index (χ3v) is 6.76. The van der Waals surface area contributed by atoms with Gasteiger partial charge in [-0.3, -0.25) is 9.28 Å². The molecule has 3 unspecified atom stereocenters. The number of hydrogen-bond donors (Lipinski definition) is 1. The van der Waals surface area contributed by atoms with Crippen molar-refractivity contribution in [2.24, 2.45) is 4.99 Å². The van der Waals surface area contributed by atoms with Crippen molar-refractivity contribution < 1.29 is 9.28 Å². The number of carbonyl (C=O) groups is 1. The number of nitrogens with one attached hydrogen (secondary N) is 1. The van der Waals surface area contributed by atoms with Crippen molar-refractivity contribution in [1.82, 2.24) is 5.32 Å². The summed E-state index contributed by atoms with van der Waals surface area (Å²) in [4.78, 5) is 16.2. The van der Waals surface area contributed by atoms with E-state index in [-0.39, 0.29) is 18.2 Å².